The lowest BCUT2D eigenvalue weighted by atomic mass is 9.93. The molecule has 0 fully saturated rings. The number of nitrogens with two attached hydrogens (primary N) is 1. The van der Waals surface area contributed by atoms with Crippen LogP contribution in [0.25, 0.3) is 5.57 Å². The molecule has 0 radical (unpaired) electrons. The van der Waals surface area contributed by atoms with E-state index in [1.54, 1.807) is 24.3 Å². The third kappa shape index (κ3) is 7.29. The van der Waals surface area contributed by atoms with E-state index in [0.717, 1.165) is 39.5 Å². The number of allylic oxidation sites excluding steroid dienone is 4. The zero-order chi connectivity index (χ0) is 28.5. The van der Waals surface area contributed by atoms with E-state index in [2.05, 4.69) is 16.0 Å². The van der Waals surface area contributed by atoms with Gasteiger partial charge in [0.2, 0.25) is 5.91 Å². The molecule has 0 bridgehead atoms. The van der Waals surface area contributed by atoms with E-state index >= 15 is 0 Å². The Balaban J connectivity index is 1.36. The number of rotatable bonds is 9. The van der Waals surface area contributed by atoms with E-state index in [9.17, 15) is 9.59 Å². The van der Waals surface area contributed by atoms with Crippen molar-refractivity contribution in [1.29, 1.82) is 0 Å². The first kappa shape index (κ1) is 28.0. The lowest BCUT2D eigenvalue weighted by Gasteiger charge is -2.22. The van der Waals surface area contributed by atoms with Gasteiger partial charge in [0.05, 0.1) is 11.4 Å². The van der Waals surface area contributed by atoms with E-state index in [-0.39, 0.29) is 11.8 Å². The first-order chi connectivity index (χ1) is 19.3. The summed E-state index contributed by atoms with van der Waals surface area (Å²) in [5.41, 5.74) is 12.0. The highest BCUT2D eigenvalue weighted by Crippen LogP contribution is 2.43. The molecule has 7 nitrogen and oxygen atoms in total. The fourth-order valence-electron chi connectivity index (χ4n) is 4.18. The Morgan fingerprint density at radius 1 is 0.800 bits per heavy atom. The van der Waals surface area contributed by atoms with Gasteiger partial charge in [0.15, 0.2) is 0 Å². The minimum Gasteiger partial charge on any atom is -0.456 e. The number of hydrogen-bond acceptors (Lipinski definition) is 5. The zero-order valence-electron chi connectivity index (χ0n) is 23.0. The van der Waals surface area contributed by atoms with Gasteiger partial charge in [-0.15, -0.1) is 0 Å². The van der Waals surface area contributed by atoms with Gasteiger partial charge in [-0.05, 0) is 57.2 Å². The van der Waals surface area contributed by atoms with Crippen molar-refractivity contribution in [3.05, 3.63) is 125 Å². The van der Waals surface area contributed by atoms with Crippen LogP contribution >= 0.6 is 0 Å². The number of anilines is 2. The Hall–Kier alpha value is -5.04. The minimum absolute atomic E-state index is 0.187. The van der Waals surface area contributed by atoms with Crippen LogP contribution in [-0.2, 0) is 9.59 Å². The molecule has 4 rings (SSSR count). The summed E-state index contributed by atoms with van der Waals surface area (Å²) in [6, 6.07) is 22.5. The Labute approximate surface area is 235 Å². The Morgan fingerprint density at radius 3 is 2.05 bits per heavy atom. The number of fused-ring (bicyclic) bond motifs is 2. The Morgan fingerprint density at radius 2 is 1.40 bits per heavy atom. The molecule has 5 N–H and O–H groups in total. The second kappa shape index (κ2) is 13.2. The van der Waals surface area contributed by atoms with Gasteiger partial charge in [0.1, 0.15) is 11.5 Å². The molecule has 0 unspecified atom stereocenters. The molecule has 1 aliphatic heterocycles. The maximum Gasteiger partial charge on any atom is 0.255 e. The van der Waals surface area contributed by atoms with Crippen molar-refractivity contribution >= 4 is 28.8 Å². The number of carbonyl (C=O) groups excluding carboxylic acids is 2. The molecule has 1 aliphatic rings. The molecular weight excluding hydrogens is 500 g/mol. The number of nitrogens with one attached hydrogen (secondary N) is 3. The predicted octanol–water partition coefficient (Wildman–Crippen LogP) is 5.95. The van der Waals surface area contributed by atoms with Gasteiger partial charge in [0.25, 0.3) is 5.91 Å². The molecule has 2 amide bonds. The summed E-state index contributed by atoms with van der Waals surface area (Å²) < 4.78 is 6.00. The molecule has 1 heterocycles. The Bertz CT molecular complexity index is 1480. The van der Waals surface area contributed by atoms with Crippen molar-refractivity contribution in [3.63, 3.8) is 0 Å². The normalized spacial score (nSPS) is 12.3. The van der Waals surface area contributed by atoms with Crippen molar-refractivity contribution in [2.24, 2.45) is 0 Å². The second-order valence-corrected chi connectivity index (χ2v) is 9.60. The number of benzene rings is 3. The van der Waals surface area contributed by atoms with Crippen LogP contribution in [0, 0.1) is 0 Å². The van der Waals surface area contributed by atoms with Crippen LogP contribution in [0.5, 0.6) is 11.5 Å². The summed E-state index contributed by atoms with van der Waals surface area (Å²) in [4.78, 5) is 25.7. The van der Waals surface area contributed by atoms with Crippen molar-refractivity contribution in [2.75, 3.05) is 24.1 Å². The highest BCUT2D eigenvalue weighted by Gasteiger charge is 2.21. The summed E-state index contributed by atoms with van der Waals surface area (Å²) in [7, 11) is 0. The second-order valence-electron chi connectivity index (χ2n) is 9.60. The standard InChI is InChI=1S/C33H34N4O3/c1-22(2)20-24(33(39)37-29-13-7-6-12-28(29)34)17-16-23(3)35-18-19-36-32(38)21-27-25-10-4-8-14-30(25)40-31-15-9-5-11-26(27)31/h4-17,20-21,35H,18-19,34H2,1-3H3,(H,36,38)(H,37,39)/b23-16+,24-17+. The SMILES string of the molecule is CC(C)=C/C(=C\C=C(/C)NCCNC(=O)C=C1c2ccccc2Oc2ccccc21)C(=O)Nc1ccccc1N. The van der Waals surface area contributed by atoms with Gasteiger partial charge in [-0.25, -0.2) is 0 Å². The van der Waals surface area contributed by atoms with Crippen LogP contribution in [0.1, 0.15) is 31.9 Å². The largest absolute Gasteiger partial charge is 0.456 e. The molecule has 0 saturated carbocycles. The highest BCUT2D eigenvalue weighted by molar-refractivity contribution is 6.07. The third-order valence-corrected chi connectivity index (χ3v) is 6.11. The fraction of sp³-hybridized carbons (Fsp3) is 0.152. The lowest BCUT2D eigenvalue weighted by Crippen LogP contribution is -2.30. The van der Waals surface area contributed by atoms with Crippen molar-refractivity contribution < 1.29 is 14.3 Å². The topological polar surface area (TPSA) is 105 Å². The quantitative estimate of drug-likeness (QED) is 0.0920. The summed E-state index contributed by atoms with van der Waals surface area (Å²) in [5, 5.41) is 9.07. The summed E-state index contributed by atoms with van der Waals surface area (Å²) in [6.07, 6.45) is 7.03. The number of ether oxygens (including phenoxy) is 1. The first-order valence-electron chi connectivity index (χ1n) is 13.1. The fourth-order valence-corrected chi connectivity index (χ4v) is 4.18. The molecule has 0 aromatic heterocycles. The molecule has 0 atom stereocenters. The molecule has 40 heavy (non-hydrogen) atoms. The van der Waals surface area contributed by atoms with Gasteiger partial charge in [-0.2, -0.15) is 0 Å². The van der Waals surface area contributed by atoms with Gasteiger partial charge in [-0.1, -0.05) is 60.2 Å². The number of carbonyl (C=O) groups is 2. The van der Waals surface area contributed by atoms with Crippen LogP contribution in [-0.4, -0.2) is 24.9 Å². The molecule has 3 aromatic carbocycles. The average Bonchev–Trinajstić information content (AvgIpc) is 2.94. The van der Waals surface area contributed by atoms with E-state index in [4.69, 9.17) is 10.5 Å². The summed E-state index contributed by atoms with van der Waals surface area (Å²) in [6.45, 7) is 6.71. The van der Waals surface area contributed by atoms with E-state index < -0.39 is 0 Å². The van der Waals surface area contributed by atoms with E-state index in [0.29, 0.717) is 30.0 Å². The van der Waals surface area contributed by atoms with E-state index in [1.807, 2.05) is 93.6 Å². The smallest absolute Gasteiger partial charge is 0.255 e. The molecule has 0 spiro atoms. The molecule has 7 heteroatoms. The third-order valence-electron chi connectivity index (χ3n) is 6.11. The maximum absolute atomic E-state index is 12.9. The highest BCUT2D eigenvalue weighted by atomic mass is 16.5. The van der Waals surface area contributed by atoms with Crippen LogP contribution in [0.15, 0.2) is 114 Å². The monoisotopic (exact) mass is 534 g/mol. The van der Waals surface area contributed by atoms with E-state index in [1.165, 1.54) is 0 Å². The maximum atomic E-state index is 12.9. The molecule has 0 saturated heterocycles. The lowest BCUT2D eigenvalue weighted by molar-refractivity contribution is -0.116. The van der Waals surface area contributed by atoms with Crippen LogP contribution in [0.3, 0.4) is 0 Å². The number of amides is 2. The number of hydrogen-bond donors (Lipinski definition) is 4. The minimum atomic E-state index is -0.250. The molecule has 0 aliphatic carbocycles. The molecular formula is C33H34N4O3. The van der Waals surface area contributed by atoms with Crippen molar-refractivity contribution in [3.8, 4) is 11.5 Å². The molecule has 204 valence electrons. The van der Waals surface area contributed by atoms with Gasteiger partial charge in [-0.3, -0.25) is 9.59 Å². The van der Waals surface area contributed by atoms with Crippen LogP contribution in [0.2, 0.25) is 0 Å². The zero-order valence-corrected chi connectivity index (χ0v) is 23.0. The van der Waals surface area contributed by atoms with Crippen molar-refractivity contribution in [1.82, 2.24) is 10.6 Å². The van der Waals surface area contributed by atoms with Gasteiger partial charge < -0.3 is 26.4 Å². The van der Waals surface area contributed by atoms with Gasteiger partial charge >= 0.3 is 0 Å². The van der Waals surface area contributed by atoms with Gasteiger partial charge in [0, 0.05) is 47.1 Å². The number of nitrogen functional groups attached to an aromatic ring is 1. The molecule has 3 aromatic rings. The summed E-state index contributed by atoms with van der Waals surface area (Å²) >= 11 is 0. The number of para-hydroxylation sites is 4. The van der Waals surface area contributed by atoms with Crippen LogP contribution in [0.4, 0.5) is 11.4 Å². The van der Waals surface area contributed by atoms with Crippen molar-refractivity contribution in [2.45, 2.75) is 20.8 Å². The average molecular weight is 535 g/mol. The van der Waals surface area contributed by atoms with Crippen LogP contribution < -0.4 is 26.4 Å². The first-order valence-corrected chi connectivity index (χ1v) is 13.1. The predicted molar refractivity (Wildman–Crippen MR) is 162 cm³/mol. The summed E-state index contributed by atoms with van der Waals surface area (Å²) in [5.74, 6) is 1.01. The Kier molecular flexibility index (Phi) is 9.20.